The Balaban J connectivity index is 2.52. The van der Waals surface area contributed by atoms with E-state index in [9.17, 15) is 0 Å². The molecule has 4 heteroatoms. The van der Waals surface area contributed by atoms with Gasteiger partial charge in [0.2, 0.25) is 0 Å². The maximum atomic E-state index is 5.54. The minimum Gasteiger partial charge on any atom is -0.399 e. The van der Waals surface area contributed by atoms with Crippen LogP contribution >= 0.6 is 0 Å². The molecular weight excluding hydrogens is 128 g/mol. The van der Waals surface area contributed by atoms with Gasteiger partial charge in [0, 0.05) is 5.69 Å². The fourth-order valence-electron chi connectivity index (χ4n) is 0.940. The number of nitrogens with two attached hydrogens (primary N) is 1. The predicted molar refractivity (Wildman–Crippen MR) is 41.2 cm³/mol. The summed E-state index contributed by atoms with van der Waals surface area (Å²) >= 11 is 0. The smallest absolute Gasteiger partial charge is 0.0771 e. The van der Waals surface area contributed by atoms with Crippen molar-refractivity contribution in [3.05, 3.63) is 18.2 Å². The van der Waals surface area contributed by atoms with Crippen LogP contribution < -0.4 is 22.1 Å². The van der Waals surface area contributed by atoms with Crippen molar-refractivity contribution < 1.29 is 0 Å². The van der Waals surface area contributed by atoms with E-state index in [2.05, 4.69) is 16.4 Å². The molecule has 2 rings (SSSR count). The second kappa shape index (κ2) is 1.78. The van der Waals surface area contributed by atoms with Gasteiger partial charge in [-0.15, -0.1) is 5.53 Å². The molecule has 0 saturated heterocycles. The first-order chi connectivity index (χ1) is 4.86. The van der Waals surface area contributed by atoms with E-state index in [0.717, 1.165) is 17.1 Å². The highest BCUT2D eigenvalue weighted by atomic mass is 15.6. The number of hydrogen-bond donors (Lipinski definition) is 4. The zero-order valence-electron chi connectivity index (χ0n) is 5.31. The number of fused-ring (bicyclic) bond motifs is 1. The molecule has 0 fully saturated rings. The topological polar surface area (TPSA) is 62.1 Å². The standard InChI is InChI=1S/C6H8N4/c7-4-1-2-5-6(3-4)9-10-8-5/h1-3,8-10H,7H2. The molecule has 1 aromatic rings. The van der Waals surface area contributed by atoms with Crippen LogP contribution in [-0.4, -0.2) is 0 Å². The minimum atomic E-state index is 0.761. The third-order valence-corrected chi connectivity index (χ3v) is 1.44. The van der Waals surface area contributed by atoms with Gasteiger partial charge in [-0.25, -0.2) is 0 Å². The summed E-state index contributed by atoms with van der Waals surface area (Å²) in [5.74, 6) is 0. The quantitative estimate of drug-likeness (QED) is 0.393. The number of hydrazine groups is 2. The Morgan fingerprint density at radius 2 is 1.90 bits per heavy atom. The molecule has 1 aliphatic heterocycles. The SMILES string of the molecule is Nc1ccc2c(c1)NNN2. The number of benzene rings is 1. The summed E-state index contributed by atoms with van der Waals surface area (Å²) in [5.41, 5.74) is 16.9. The molecule has 4 nitrogen and oxygen atoms in total. The maximum Gasteiger partial charge on any atom is 0.0771 e. The minimum absolute atomic E-state index is 0.761. The Hall–Kier alpha value is -1.42. The molecule has 0 amide bonds. The monoisotopic (exact) mass is 136 g/mol. The lowest BCUT2D eigenvalue weighted by atomic mass is 10.2. The molecular formula is C6H8N4. The van der Waals surface area contributed by atoms with Gasteiger partial charge < -0.3 is 16.6 Å². The Labute approximate surface area is 58.4 Å². The van der Waals surface area contributed by atoms with Gasteiger partial charge in [0.15, 0.2) is 0 Å². The van der Waals surface area contributed by atoms with E-state index in [-0.39, 0.29) is 0 Å². The Morgan fingerprint density at radius 1 is 1.10 bits per heavy atom. The van der Waals surface area contributed by atoms with E-state index in [1.165, 1.54) is 0 Å². The summed E-state index contributed by atoms with van der Waals surface area (Å²) in [6.07, 6.45) is 0. The molecule has 0 atom stereocenters. The highest BCUT2D eigenvalue weighted by Crippen LogP contribution is 2.25. The van der Waals surface area contributed by atoms with Crippen molar-refractivity contribution in [1.82, 2.24) is 5.53 Å². The molecule has 0 unspecified atom stereocenters. The van der Waals surface area contributed by atoms with Crippen molar-refractivity contribution in [3.63, 3.8) is 0 Å². The zero-order chi connectivity index (χ0) is 6.97. The van der Waals surface area contributed by atoms with E-state index in [4.69, 9.17) is 5.73 Å². The molecule has 0 spiro atoms. The van der Waals surface area contributed by atoms with Crippen LogP contribution in [0.3, 0.4) is 0 Å². The van der Waals surface area contributed by atoms with Crippen LogP contribution in [0.4, 0.5) is 17.1 Å². The largest absolute Gasteiger partial charge is 0.399 e. The third kappa shape index (κ3) is 0.663. The van der Waals surface area contributed by atoms with Crippen LogP contribution in [0.2, 0.25) is 0 Å². The van der Waals surface area contributed by atoms with Gasteiger partial charge in [0.05, 0.1) is 11.4 Å². The highest BCUT2D eigenvalue weighted by Gasteiger charge is 2.06. The van der Waals surface area contributed by atoms with Crippen LogP contribution in [0.1, 0.15) is 0 Å². The Morgan fingerprint density at radius 3 is 2.80 bits per heavy atom. The van der Waals surface area contributed by atoms with Crippen LogP contribution in [-0.2, 0) is 0 Å². The molecule has 10 heavy (non-hydrogen) atoms. The number of nitrogens with one attached hydrogen (secondary N) is 3. The van der Waals surface area contributed by atoms with E-state index < -0.39 is 0 Å². The van der Waals surface area contributed by atoms with Gasteiger partial charge >= 0.3 is 0 Å². The molecule has 0 saturated carbocycles. The van der Waals surface area contributed by atoms with E-state index in [1.54, 1.807) is 0 Å². The zero-order valence-corrected chi connectivity index (χ0v) is 5.31. The van der Waals surface area contributed by atoms with Crippen LogP contribution in [0.15, 0.2) is 18.2 Å². The summed E-state index contributed by atoms with van der Waals surface area (Å²) < 4.78 is 0. The Kier molecular flexibility index (Phi) is 0.956. The first-order valence-corrected chi connectivity index (χ1v) is 3.03. The summed E-state index contributed by atoms with van der Waals surface area (Å²) in [7, 11) is 0. The molecule has 1 aliphatic rings. The molecule has 0 radical (unpaired) electrons. The Bertz CT molecular complexity index is 258. The van der Waals surface area contributed by atoms with E-state index in [0.29, 0.717) is 0 Å². The van der Waals surface area contributed by atoms with Gasteiger partial charge in [0.1, 0.15) is 0 Å². The normalized spacial score (nSPS) is 13.6. The second-order valence-corrected chi connectivity index (χ2v) is 2.18. The van der Waals surface area contributed by atoms with Gasteiger partial charge in [0.25, 0.3) is 0 Å². The fourth-order valence-corrected chi connectivity index (χ4v) is 0.940. The molecule has 1 heterocycles. The number of anilines is 3. The highest BCUT2D eigenvalue weighted by molar-refractivity contribution is 5.75. The maximum absolute atomic E-state index is 5.54. The fraction of sp³-hybridized carbons (Fsp3) is 0. The van der Waals surface area contributed by atoms with Crippen LogP contribution in [0.25, 0.3) is 0 Å². The third-order valence-electron chi connectivity index (χ3n) is 1.44. The van der Waals surface area contributed by atoms with Gasteiger partial charge in [-0.05, 0) is 18.2 Å². The molecule has 1 aromatic carbocycles. The molecule has 0 bridgehead atoms. The van der Waals surface area contributed by atoms with E-state index >= 15 is 0 Å². The molecule has 0 aromatic heterocycles. The summed E-state index contributed by atoms with van der Waals surface area (Å²) in [5, 5.41) is 0. The van der Waals surface area contributed by atoms with Crippen molar-refractivity contribution >= 4 is 17.1 Å². The lowest BCUT2D eigenvalue weighted by Crippen LogP contribution is -2.19. The van der Waals surface area contributed by atoms with E-state index in [1.807, 2.05) is 18.2 Å². The lowest BCUT2D eigenvalue weighted by Gasteiger charge is -1.96. The average Bonchev–Trinajstić information content (AvgIpc) is 2.33. The van der Waals surface area contributed by atoms with Crippen molar-refractivity contribution in [2.24, 2.45) is 0 Å². The van der Waals surface area contributed by atoms with Gasteiger partial charge in [-0.1, -0.05) is 0 Å². The molecule has 52 valence electrons. The molecule has 5 N–H and O–H groups in total. The lowest BCUT2D eigenvalue weighted by molar-refractivity contribution is 1.01. The van der Waals surface area contributed by atoms with Crippen molar-refractivity contribution in [2.45, 2.75) is 0 Å². The van der Waals surface area contributed by atoms with Crippen LogP contribution in [0, 0.1) is 0 Å². The van der Waals surface area contributed by atoms with Crippen LogP contribution in [0.5, 0.6) is 0 Å². The summed E-state index contributed by atoms with van der Waals surface area (Å²) in [4.78, 5) is 0. The average molecular weight is 136 g/mol. The van der Waals surface area contributed by atoms with Crippen molar-refractivity contribution in [3.8, 4) is 0 Å². The molecule has 0 aliphatic carbocycles. The van der Waals surface area contributed by atoms with Gasteiger partial charge in [-0.2, -0.15) is 0 Å². The van der Waals surface area contributed by atoms with Crippen molar-refractivity contribution in [2.75, 3.05) is 16.6 Å². The van der Waals surface area contributed by atoms with Crippen molar-refractivity contribution in [1.29, 1.82) is 0 Å². The predicted octanol–water partition coefficient (Wildman–Crippen LogP) is 0.526. The number of nitrogen functional groups attached to an aromatic ring is 1. The number of hydrogen-bond acceptors (Lipinski definition) is 4. The van der Waals surface area contributed by atoms with Gasteiger partial charge in [-0.3, -0.25) is 0 Å². The second-order valence-electron chi connectivity index (χ2n) is 2.18. The number of rotatable bonds is 0. The summed E-state index contributed by atoms with van der Waals surface area (Å²) in [6.45, 7) is 0. The first-order valence-electron chi connectivity index (χ1n) is 3.03. The summed E-state index contributed by atoms with van der Waals surface area (Å²) in [6, 6.07) is 5.63. The first kappa shape index (κ1) is 5.37.